The Morgan fingerprint density at radius 1 is 1.16 bits per heavy atom. The molecule has 0 spiro atoms. The van der Waals surface area contributed by atoms with E-state index in [4.69, 9.17) is 14.5 Å². The van der Waals surface area contributed by atoms with E-state index >= 15 is 0 Å². The van der Waals surface area contributed by atoms with Crippen LogP contribution < -0.4 is 20.1 Å². The third-order valence-electron chi connectivity index (χ3n) is 5.43. The lowest BCUT2D eigenvalue weighted by Crippen LogP contribution is -2.40. The Morgan fingerprint density at radius 3 is 2.55 bits per heavy atom. The lowest BCUT2D eigenvalue weighted by Gasteiger charge is -2.19. The van der Waals surface area contributed by atoms with Crippen LogP contribution in [0.3, 0.4) is 0 Å². The summed E-state index contributed by atoms with van der Waals surface area (Å²) < 4.78 is 24.2. The molecule has 0 bridgehead atoms. The Morgan fingerprint density at radius 2 is 1.94 bits per heavy atom. The van der Waals surface area contributed by atoms with E-state index in [9.17, 15) is 9.50 Å². The lowest BCUT2D eigenvalue weighted by atomic mass is 9.96. The van der Waals surface area contributed by atoms with Crippen LogP contribution >= 0.6 is 24.0 Å². The summed E-state index contributed by atoms with van der Waals surface area (Å²) in [5, 5.41) is 17.1. The Hall–Kier alpha value is -2.07. The largest absolute Gasteiger partial charge is 0.497 e. The molecule has 6 nitrogen and oxygen atoms in total. The topological polar surface area (TPSA) is 75.1 Å². The van der Waals surface area contributed by atoms with Crippen molar-refractivity contribution >= 4 is 29.9 Å². The second-order valence-corrected chi connectivity index (χ2v) is 7.49. The van der Waals surface area contributed by atoms with Crippen LogP contribution in [0.15, 0.2) is 47.5 Å². The van der Waals surface area contributed by atoms with Gasteiger partial charge in [-0.2, -0.15) is 0 Å². The van der Waals surface area contributed by atoms with Crippen molar-refractivity contribution in [1.82, 2.24) is 10.6 Å². The number of hydrogen-bond acceptors (Lipinski definition) is 4. The van der Waals surface area contributed by atoms with Gasteiger partial charge >= 0.3 is 0 Å². The summed E-state index contributed by atoms with van der Waals surface area (Å²) in [5.41, 5.74) is 1.53. The van der Waals surface area contributed by atoms with E-state index in [1.54, 1.807) is 44.6 Å². The smallest absolute Gasteiger partial charge is 0.191 e. The highest BCUT2D eigenvalue weighted by atomic mass is 127. The first-order valence-corrected chi connectivity index (χ1v) is 10.2. The summed E-state index contributed by atoms with van der Waals surface area (Å²) in [5.74, 6) is 1.63. The van der Waals surface area contributed by atoms with Gasteiger partial charge in [-0.05, 0) is 55.7 Å². The Kier molecular flexibility index (Phi) is 9.36. The average Bonchev–Trinajstić information content (AvgIpc) is 3.56. The fourth-order valence-electron chi connectivity index (χ4n) is 3.48. The summed E-state index contributed by atoms with van der Waals surface area (Å²) >= 11 is 0. The van der Waals surface area contributed by atoms with Crippen molar-refractivity contribution in [2.24, 2.45) is 4.99 Å². The van der Waals surface area contributed by atoms with E-state index in [2.05, 4.69) is 10.6 Å². The van der Waals surface area contributed by atoms with Gasteiger partial charge in [0, 0.05) is 24.1 Å². The quantitative estimate of drug-likeness (QED) is 0.255. The number of nitrogens with zero attached hydrogens (tertiary/aromatic N) is 1. The minimum atomic E-state index is -0.808. The molecule has 2 aromatic rings. The minimum absolute atomic E-state index is 0. The van der Waals surface area contributed by atoms with Gasteiger partial charge in [0.1, 0.15) is 17.3 Å². The van der Waals surface area contributed by atoms with E-state index in [1.165, 1.54) is 6.07 Å². The molecular formula is C23H31FIN3O3. The molecule has 0 aromatic heterocycles. The number of rotatable bonds is 9. The maximum absolute atomic E-state index is 13.6. The third-order valence-corrected chi connectivity index (χ3v) is 5.43. The maximum Gasteiger partial charge on any atom is 0.191 e. The van der Waals surface area contributed by atoms with Crippen LogP contribution in [0.25, 0.3) is 0 Å². The first kappa shape index (κ1) is 25.2. The number of aliphatic imine (C=N–C) groups is 1. The SMILES string of the molecule is CCNC(=NCC1(c2cccc(F)c2)CC1)NCC(O)c1cc(OC)ccc1OC.I. The van der Waals surface area contributed by atoms with Gasteiger partial charge in [0.25, 0.3) is 0 Å². The molecule has 0 radical (unpaired) electrons. The Labute approximate surface area is 200 Å². The van der Waals surface area contributed by atoms with Gasteiger partial charge in [-0.3, -0.25) is 4.99 Å². The summed E-state index contributed by atoms with van der Waals surface area (Å²) in [6, 6.07) is 12.1. The Bertz CT molecular complexity index is 890. The van der Waals surface area contributed by atoms with Crippen LogP contribution in [-0.4, -0.2) is 44.9 Å². The Balaban J connectivity index is 0.00000341. The summed E-state index contributed by atoms with van der Waals surface area (Å²) in [6.07, 6.45) is 1.17. The summed E-state index contributed by atoms with van der Waals surface area (Å²) in [4.78, 5) is 4.70. The molecule has 0 aliphatic heterocycles. The number of methoxy groups -OCH3 is 2. The highest BCUT2D eigenvalue weighted by molar-refractivity contribution is 14.0. The van der Waals surface area contributed by atoms with E-state index in [1.807, 2.05) is 13.0 Å². The molecule has 0 amide bonds. The van der Waals surface area contributed by atoms with E-state index in [-0.39, 0.29) is 41.8 Å². The standard InChI is InChI=1S/C23H30FN3O3.HI/c1-4-25-22(27-15-23(10-11-23)16-6-5-7-17(24)12-16)26-14-20(28)19-13-18(29-2)8-9-21(19)30-3;/h5-9,12-13,20,28H,4,10-11,14-15H2,1-3H3,(H2,25,26,27);1H. The van der Waals surface area contributed by atoms with Crippen molar-refractivity contribution in [3.05, 3.63) is 59.4 Å². The number of halogens is 2. The summed E-state index contributed by atoms with van der Waals surface area (Å²) in [7, 11) is 3.15. The molecule has 1 unspecified atom stereocenters. The zero-order valence-corrected chi connectivity index (χ0v) is 20.5. The van der Waals surface area contributed by atoms with Crippen LogP contribution in [0, 0.1) is 5.82 Å². The minimum Gasteiger partial charge on any atom is -0.497 e. The second-order valence-electron chi connectivity index (χ2n) is 7.49. The van der Waals surface area contributed by atoms with E-state index in [0.29, 0.717) is 36.1 Å². The molecule has 2 aromatic carbocycles. The molecule has 3 N–H and O–H groups in total. The molecule has 170 valence electrons. The predicted molar refractivity (Wildman–Crippen MR) is 131 cm³/mol. The molecule has 3 rings (SSSR count). The van der Waals surface area contributed by atoms with Crippen molar-refractivity contribution in [1.29, 1.82) is 0 Å². The molecule has 0 heterocycles. The fourth-order valence-corrected chi connectivity index (χ4v) is 3.48. The lowest BCUT2D eigenvalue weighted by molar-refractivity contribution is 0.176. The van der Waals surface area contributed by atoms with Gasteiger partial charge in [-0.15, -0.1) is 24.0 Å². The van der Waals surface area contributed by atoms with E-state index in [0.717, 1.165) is 18.4 Å². The first-order valence-electron chi connectivity index (χ1n) is 10.2. The van der Waals surface area contributed by atoms with Crippen LogP contribution in [0.5, 0.6) is 11.5 Å². The first-order chi connectivity index (χ1) is 14.5. The van der Waals surface area contributed by atoms with Crippen molar-refractivity contribution in [3.63, 3.8) is 0 Å². The second kappa shape index (κ2) is 11.5. The van der Waals surface area contributed by atoms with E-state index < -0.39 is 6.10 Å². The van der Waals surface area contributed by atoms with Gasteiger partial charge < -0.3 is 25.2 Å². The zero-order chi connectivity index (χ0) is 21.6. The number of benzene rings is 2. The number of hydrogen-bond donors (Lipinski definition) is 3. The van der Waals surface area contributed by atoms with Gasteiger partial charge in [-0.1, -0.05) is 12.1 Å². The number of ether oxygens (including phenoxy) is 2. The molecule has 1 aliphatic rings. The molecular weight excluding hydrogens is 512 g/mol. The van der Waals surface area contributed by atoms with Gasteiger partial charge in [0.15, 0.2) is 5.96 Å². The van der Waals surface area contributed by atoms with Crippen LogP contribution in [0.2, 0.25) is 0 Å². The van der Waals surface area contributed by atoms with Crippen molar-refractivity contribution in [3.8, 4) is 11.5 Å². The highest BCUT2D eigenvalue weighted by Crippen LogP contribution is 2.48. The zero-order valence-electron chi connectivity index (χ0n) is 18.2. The molecule has 0 saturated heterocycles. The van der Waals surface area contributed by atoms with Crippen LogP contribution in [0.1, 0.15) is 37.0 Å². The molecule has 1 aliphatic carbocycles. The molecule has 1 saturated carbocycles. The number of nitrogens with one attached hydrogen (secondary N) is 2. The van der Waals surface area contributed by atoms with Gasteiger partial charge in [-0.25, -0.2) is 4.39 Å². The average molecular weight is 543 g/mol. The molecule has 1 fully saturated rings. The van der Waals surface area contributed by atoms with Gasteiger partial charge in [0.2, 0.25) is 0 Å². The number of aliphatic hydroxyl groups excluding tert-OH is 1. The van der Waals surface area contributed by atoms with Crippen LogP contribution in [0.4, 0.5) is 4.39 Å². The van der Waals surface area contributed by atoms with Gasteiger partial charge in [0.05, 0.1) is 26.9 Å². The third kappa shape index (κ3) is 6.46. The number of aliphatic hydroxyl groups is 1. The molecule has 31 heavy (non-hydrogen) atoms. The molecule has 8 heteroatoms. The highest BCUT2D eigenvalue weighted by Gasteiger charge is 2.44. The fraction of sp³-hybridized carbons (Fsp3) is 0.435. The molecule has 1 atom stereocenters. The predicted octanol–water partition coefficient (Wildman–Crippen LogP) is 3.78. The van der Waals surface area contributed by atoms with Crippen molar-refractivity contribution < 1.29 is 19.0 Å². The maximum atomic E-state index is 13.6. The number of guanidine groups is 1. The van der Waals surface area contributed by atoms with Crippen molar-refractivity contribution in [2.45, 2.75) is 31.3 Å². The summed E-state index contributed by atoms with van der Waals surface area (Å²) in [6.45, 7) is 3.49. The monoisotopic (exact) mass is 543 g/mol. The van der Waals surface area contributed by atoms with Crippen LogP contribution in [-0.2, 0) is 5.41 Å². The van der Waals surface area contributed by atoms with Crippen molar-refractivity contribution in [2.75, 3.05) is 33.9 Å². The normalized spacial score (nSPS) is 15.5.